The van der Waals surface area contributed by atoms with Crippen LogP contribution < -0.4 is 9.47 Å². The van der Waals surface area contributed by atoms with Gasteiger partial charge in [-0.2, -0.15) is 0 Å². The summed E-state index contributed by atoms with van der Waals surface area (Å²) in [7, 11) is 1.50. The molecule has 2 amide bonds. The molecule has 0 aliphatic carbocycles. The zero-order chi connectivity index (χ0) is 24.0. The molecule has 0 aromatic heterocycles. The number of nitro groups is 1. The second-order valence-corrected chi connectivity index (χ2v) is 7.88. The van der Waals surface area contributed by atoms with Gasteiger partial charge in [0.15, 0.2) is 11.5 Å². The third kappa shape index (κ3) is 5.42. The summed E-state index contributed by atoms with van der Waals surface area (Å²) < 4.78 is 11.5. The van der Waals surface area contributed by atoms with Gasteiger partial charge in [0.1, 0.15) is 6.61 Å². The summed E-state index contributed by atoms with van der Waals surface area (Å²) in [5.41, 5.74) is 2.16. The van der Waals surface area contributed by atoms with Gasteiger partial charge in [-0.1, -0.05) is 12.0 Å². The Morgan fingerprint density at radius 3 is 2.61 bits per heavy atom. The molecule has 0 N–H and O–H groups in total. The molecule has 0 bridgehead atoms. The number of ether oxygens (including phenoxy) is 2. The highest BCUT2D eigenvalue weighted by Crippen LogP contribution is 2.37. The van der Waals surface area contributed by atoms with Crippen LogP contribution in [0.4, 0.5) is 10.5 Å². The van der Waals surface area contributed by atoms with E-state index >= 15 is 0 Å². The van der Waals surface area contributed by atoms with Crippen LogP contribution in [-0.4, -0.2) is 34.6 Å². The van der Waals surface area contributed by atoms with Crippen LogP contribution in [0.2, 0.25) is 0 Å². The first-order chi connectivity index (χ1) is 15.9. The Bertz CT molecular complexity index is 1180. The van der Waals surface area contributed by atoms with Crippen LogP contribution in [0.25, 0.3) is 6.08 Å². The molecule has 8 nitrogen and oxygen atoms in total. The lowest BCUT2D eigenvalue weighted by molar-refractivity contribution is -0.384. The number of nitrogens with zero attached hydrogens (tertiary/aromatic N) is 2. The third-order valence-electron chi connectivity index (χ3n) is 4.69. The maximum atomic E-state index is 12.5. The number of carbonyl (C=O) groups excluding carboxylic acids is 2. The molecule has 2 aromatic carbocycles. The fourth-order valence-electron chi connectivity index (χ4n) is 3.14. The van der Waals surface area contributed by atoms with Crippen LogP contribution in [0, 0.1) is 22.5 Å². The van der Waals surface area contributed by atoms with E-state index in [0.29, 0.717) is 23.5 Å². The number of methoxy groups -OCH3 is 1. The largest absolute Gasteiger partial charge is 0.493 e. The number of terminal acetylenes is 1. The average Bonchev–Trinajstić information content (AvgIpc) is 3.06. The van der Waals surface area contributed by atoms with E-state index in [1.54, 1.807) is 30.4 Å². The summed E-state index contributed by atoms with van der Waals surface area (Å²) in [4.78, 5) is 36.2. The number of carbonyl (C=O) groups is 2. The van der Waals surface area contributed by atoms with Gasteiger partial charge in [0.25, 0.3) is 16.8 Å². The van der Waals surface area contributed by atoms with E-state index in [9.17, 15) is 19.7 Å². The van der Waals surface area contributed by atoms with Crippen LogP contribution in [-0.2, 0) is 17.8 Å². The van der Waals surface area contributed by atoms with Crippen LogP contribution in [0.5, 0.6) is 11.5 Å². The van der Waals surface area contributed by atoms with Crippen molar-refractivity contribution in [2.45, 2.75) is 13.0 Å². The van der Waals surface area contributed by atoms with E-state index in [1.165, 1.54) is 19.2 Å². The first-order valence-electron chi connectivity index (χ1n) is 9.74. The van der Waals surface area contributed by atoms with Crippen LogP contribution in [0.3, 0.4) is 0 Å². The first-order valence-corrected chi connectivity index (χ1v) is 10.6. The second kappa shape index (κ2) is 10.5. The van der Waals surface area contributed by atoms with E-state index in [0.717, 1.165) is 27.8 Å². The summed E-state index contributed by atoms with van der Waals surface area (Å²) in [6.07, 6.45) is 9.01. The monoisotopic (exact) mass is 464 g/mol. The Morgan fingerprint density at radius 1 is 1.27 bits per heavy atom. The highest BCUT2D eigenvalue weighted by atomic mass is 32.2. The molecule has 3 rings (SSSR count). The van der Waals surface area contributed by atoms with Crippen LogP contribution >= 0.6 is 11.8 Å². The lowest BCUT2D eigenvalue weighted by Gasteiger charge is -2.16. The Hall–Kier alpha value is -4.03. The molecule has 0 radical (unpaired) electrons. The Morgan fingerprint density at radius 2 is 2.00 bits per heavy atom. The minimum atomic E-state index is -0.463. The summed E-state index contributed by atoms with van der Waals surface area (Å²) in [5.74, 6) is 2.80. The lowest BCUT2D eigenvalue weighted by atomic mass is 10.0. The molecule has 168 valence electrons. The quantitative estimate of drug-likeness (QED) is 0.176. The first kappa shape index (κ1) is 23.6. The van der Waals surface area contributed by atoms with Gasteiger partial charge >= 0.3 is 0 Å². The van der Waals surface area contributed by atoms with Crippen molar-refractivity contribution in [3.05, 3.63) is 80.8 Å². The molecular formula is C24H20N2O6S. The Balaban J connectivity index is 1.89. The number of nitro benzene ring substituents is 1. The summed E-state index contributed by atoms with van der Waals surface area (Å²) in [6.45, 7) is 3.87. The second-order valence-electron chi connectivity index (χ2n) is 6.89. The summed E-state index contributed by atoms with van der Waals surface area (Å²) in [6, 6.07) is 9.60. The number of non-ortho nitro benzene ring substituents is 1. The smallest absolute Gasteiger partial charge is 0.294 e. The molecule has 0 saturated carbocycles. The van der Waals surface area contributed by atoms with Gasteiger partial charge in [-0.3, -0.25) is 24.6 Å². The molecule has 0 spiro atoms. The maximum absolute atomic E-state index is 12.5. The number of imide groups is 1. The number of benzene rings is 2. The van der Waals surface area contributed by atoms with Crippen molar-refractivity contribution >= 4 is 34.7 Å². The van der Waals surface area contributed by atoms with Crippen molar-refractivity contribution in [2.75, 3.05) is 13.7 Å². The zero-order valence-electron chi connectivity index (χ0n) is 17.8. The topological polar surface area (TPSA) is 99.0 Å². The van der Waals surface area contributed by atoms with E-state index in [4.69, 9.17) is 15.9 Å². The molecule has 1 heterocycles. The van der Waals surface area contributed by atoms with Crippen molar-refractivity contribution in [3.8, 4) is 23.8 Å². The molecule has 1 saturated heterocycles. The highest BCUT2D eigenvalue weighted by molar-refractivity contribution is 8.18. The van der Waals surface area contributed by atoms with Gasteiger partial charge in [-0.15, -0.1) is 13.0 Å². The van der Waals surface area contributed by atoms with Gasteiger partial charge in [0.2, 0.25) is 0 Å². The fraction of sp³-hybridized carbons (Fsp3) is 0.167. The minimum absolute atomic E-state index is 0.000289. The van der Waals surface area contributed by atoms with Gasteiger partial charge in [0, 0.05) is 17.7 Å². The van der Waals surface area contributed by atoms with Gasteiger partial charge in [-0.25, -0.2) is 0 Å². The van der Waals surface area contributed by atoms with Crippen molar-refractivity contribution in [1.29, 1.82) is 0 Å². The zero-order valence-corrected chi connectivity index (χ0v) is 18.6. The molecule has 9 heteroatoms. The molecular weight excluding hydrogens is 444 g/mol. The van der Waals surface area contributed by atoms with Crippen molar-refractivity contribution < 1.29 is 24.0 Å². The molecule has 1 aliphatic rings. The number of allylic oxidation sites excluding steroid dienone is 1. The standard InChI is InChI=1S/C24H20N2O6S/c1-4-6-18-12-17(14-21-23(27)25(11-5-2)24(28)33-21)13-20(31-3)22(18)32-15-16-7-9-19(10-8-16)26(29)30/h2,4,7-10,12-14H,1,6,11,15H2,3H3/b21-14+. The predicted molar refractivity (Wildman–Crippen MR) is 126 cm³/mol. The van der Waals surface area contributed by atoms with Crippen LogP contribution in [0.1, 0.15) is 16.7 Å². The Labute approximate surface area is 195 Å². The SMILES string of the molecule is C#CCN1C(=O)S/C(=C/c2cc(CC=C)c(OCc3ccc([N+](=O)[O-])cc3)c(OC)c2)C1=O. The lowest BCUT2D eigenvalue weighted by Crippen LogP contribution is -2.28. The molecule has 1 fully saturated rings. The molecule has 0 unspecified atom stereocenters. The normalized spacial score (nSPS) is 14.3. The number of hydrogen-bond acceptors (Lipinski definition) is 7. The third-order valence-corrected chi connectivity index (χ3v) is 5.60. The van der Waals surface area contributed by atoms with Crippen LogP contribution in [0.15, 0.2) is 54.0 Å². The van der Waals surface area contributed by atoms with Gasteiger partial charge < -0.3 is 9.47 Å². The van der Waals surface area contributed by atoms with E-state index in [-0.39, 0.29) is 23.7 Å². The highest BCUT2D eigenvalue weighted by Gasteiger charge is 2.34. The van der Waals surface area contributed by atoms with E-state index in [1.807, 2.05) is 6.07 Å². The van der Waals surface area contributed by atoms with E-state index < -0.39 is 16.1 Å². The maximum Gasteiger partial charge on any atom is 0.294 e. The van der Waals surface area contributed by atoms with Gasteiger partial charge in [-0.05, 0) is 59.7 Å². The number of thioether (sulfide) groups is 1. The fourth-order valence-corrected chi connectivity index (χ4v) is 3.98. The summed E-state index contributed by atoms with van der Waals surface area (Å²) >= 11 is 0.827. The molecule has 1 aliphatic heterocycles. The van der Waals surface area contributed by atoms with Crippen molar-refractivity contribution in [3.63, 3.8) is 0 Å². The van der Waals surface area contributed by atoms with E-state index in [2.05, 4.69) is 12.5 Å². The Kier molecular flexibility index (Phi) is 7.53. The average molecular weight is 464 g/mol. The molecule has 33 heavy (non-hydrogen) atoms. The van der Waals surface area contributed by atoms with Crippen molar-refractivity contribution in [2.24, 2.45) is 0 Å². The van der Waals surface area contributed by atoms with Crippen molar-refractivity contribution in [1.82, 2.24) is 4.90 Å². The van der Waals surface area contributed by atoms with Gasteiger partial charge in [0.05, 0.1) is 23.5 Å². The number of amides is 2. The number of hydrogen-bond donors (Lipinski definition) is 0. The molecule has 0 atom stereocenters. The molecule has 2 aromatic rings. The summed E-state index contributed by atoms with van der Waals surface area (Å²) in [5, 5.41) is 10.4. The predicted octanol–water partition coefficient (Wildman–Crippen LogP) is 4.58. The number of rotatable bonds is 9. The minimum Gasteiger partial charge on any atom is -0.493 e.